The lowest BCUT2D eigenvalue weighted by Gasteiger charge is -1.94. The van der Waals surface area contributed by atoms with Crippen LogP contribution in [0.3, 0.4) is 0 Å². The van der Waals surface area contributed by atoms with E-state index < -0.39 is 0 Å². The fourth-order valence-electron chi connectivity index (χ4n) is 1.50. The normalized spacial score (nSPS) is 10.5. The molecule has 0 fully saturated rings. The number of nitrogens with zero attached hydrogens (tertiary/aromatic N) is 3. The minimum Gasteiger partial charge on any atom is -0.411 e. The van der Waals surface area contributed by atoms with E-state index in [1.807, 2.05) is 30.3 Å². The molecule has 0 radical (unpaired) electrons. The van der Waals surface area contributed by atoms with Gasteiger partial charge >= 0.3 is 0 Å². The Kier molecular flexibility index (Phi) is 3.17. The average Bonchev–Trinajstić information content (AvgIpc) is 2.80. The van der Waals surface area contributed by atoms with Crippen LogP contribution in [0.25, 0.3) is 11.3 Å². The van der Waals surface area contributed by atoms with Crippen molar-refractivity contribution < 1.29 is 9.73 Å². The molecule has 0 aliphatic heterocycles. The lowest BCUT2D eigenvalue weighted by atomic mass is 10.1. The Morgan fingerprint density at radius 2 is 2.18 bits per heavy atom. The van der Waals surface area contributed by atoms with Gasteiger partial charge in [-0.3, -0.25) is 0 Å². The molecule has 0 saturated heterocycles. The van der Waals surface area contributed by atoms with Crippen molar-refractivity contribution in [3.05, 3.63) is 41.7 Å². The van der Waals surface area contributed by atoms with E-state index in [-0.39, 0.29) is 6.42 Å². The molecular weight excluding hydrogens is 218 g/mol. The summed E-state index contributed by atoms with van der Waals surface area (Å²) >= 11 is 0. The zero-order chi connectivity index (χ0) is 12.1. The highest BCUT2D eigenvalue weighted by molar-refractivity contribution is 5.69. The monoisotopic (exact) mass is 227 g/mol. The number of rotatable bonds is 3. The van der Waals surface area contributed by atoms with Crippen LogP contribution in [0, 0.1) is 11.3 Å². The Labute approximate surface area is 97.6 Å². The predicted molar refractivity (Wildman–Crippen MR) is 60.6 cm³/mol. The first-order valence-electron chi connectivity index (χ1n) is 4.96. The van der Waals surface area contributed by atoms with E-state index in [1.54, 1.807) is 0 Å². The molecule has 0 aliphatic carbocycles. The molecule has 0 unspecified atom stereocenters. The molecule has 0 aliphatic rings. The van der Waals surface area contributed by atoms with Crippen molar-refractivity contribution in [3.8, 4) is 17.3 Å². The Bertz CT molecular complexity index is 567. The second kappa shape index (κ2) is 4.94. The summed E-state index contributed by atoms with van der Waals surface area (Å²) in [7, 11) is 0. The van der Waals surface area contributed by atoms with Crippen molar-refractivity contribution in [2.45, 2.75) is 6.42 Å². The standard InChI is InChI=1S/C12H9N3O2/c13-8-10-11(6-7-14-16)17-15-12(10)9-4-2-1-3-5-9/h1-5,7,16H,6H2/b14-7-. The van der Waals surface area contributed by atoms with Crippen LogP contribution in [-0.2, 0) is 6.42 Å². The summed E-state index contributed by atoms with van der Waals surface area (Å²) in [5.74, 6) is 0.393. The summed E-state index contributed by atoms with van der Waals surface area (Å²) < 4.78 is 5.07. The van der Waals surface area contributed by atoms with Crippen LogP contribution in [0.5, 0.6) is 0 Å². The molecule has 1 heterocycles. The predicted octanol–water partition coefficient (Wildman–Crippen LogP) is 2.22. The lowest BCUT2D eigenvalue weighted by molar-refractivity contribution is 0.319. The molecule has 84 valence electrons. The number of benzene rings is 1. The van der Waals surface area contributed by atoms with Crippen molar-refractivity contribution >= 4 is 6.21 Å². The van der Waals surface area contributed by atoms with Gasteiger partial charge in [-0.05, 0) is 0 Å². The first kappa shape index (κ1) is 10.9. The molecule has 0 bridgehead atoms. The van der Waals surface area contributed by atoms with Crippen molar-refractivity contribution in [1.82, 2.24) is 5.16 Å². The third-order valence-corrected chi connectivity index (χ3v) is 2.28. The summed E-state index contributed by atoms with van der Waals surface area (Å²) in [6.07, 6.45) is 1.48. The van der Waals surface area contributed by atoms with Crippen molar-refractivity contribution in [1.29, 1.82) is 5.26 Å². The zero-order valence-corrected chi connectivity index (χ0v) is 8.87. The molecule has 1 N–H and O–H groups in total. The first-order valence-corrected chi connectivity index (χ1v) is 4.96. The number of nitriles is 1. The van der Waals surface area contributed by atoms with Crippen LogP contribution >= 0.6 is 0 Å². The molecular formula is C12H9N3O2. The SMILES string of the molecule is N#Cc1c(-c2ccccc2)noc1C/C=N\O. The molecule has 2 aromatic rings. The molecule has 0 saturated carbocycles. The van der Waals surface area contributed by atoms with E-state index >= 15 is 0 Å². The lowest BCUT2D eigenvalue weighted by Crippen LogP contribution is -1.88. The number of oxime groups is 1. The molecule has 0 amide bonds. The Morgan fingerprint density at radius 3 is 2.82 bits per heavy atom. The first-order chi connectivity index (χ1) is 8.36. The van der Waals surface area contributed by atoms with Crippen molar-refractivity contribution in [3.63, 3.8) is 0 Å². The smallest absolute Gasteiger partial charge is 0.160 e. The summed E-state index contributed by atoms with van der Waals surface area (Å²) in [6.45, 7) is 0. The molecule has 0 spiro atoms. The summed E-state index contributed by atoms with van der Waals surface area (Å²) in [5.41, 5.74) is 1.70. The summed E-state index contributed by atoms with van der Waals surface area (Å²) in [4.78, 5) is 0. The van der Waals surface area contributed by atoms with Crippen LogP contribution in [0.4, 0.5) is 0 Å². The molecule has 1 aromatic carbocycles. The highest BCUT2D eigenvalue weighted by Crippen LogP contribution is 2.24. The summed E-state index contributed by atoms with van der Waals surface area (Å²) in [5, 5.41) is 24.2. The van der Waals surface area contributed by atoms with Gasteiger partial charge in [0.2, 0.25) is 0 Å². The highest BCUT2D eigenvalue weighted by Gasteiger charge is 2.16. The van der Waals surface area contributed by atoms with Gasteiger partial charge in [0.1, 0.15) is 17.3 Å². The second-order valence-corrected chi connectivity index (χ2v) is 3.31. The van der Waals surface area contributed by atoms with Crippen LogP contribution in [0.1, 0.15) is 11.3 Å². The van der Waals surface area contributed by atoms with E-state index in [0.29, 0.717) is 17.0 Å². The third-order valence-electron chi connectivity index (χ3n) is 2.28. The highest BCUT2D eigenvalue weighted by atomic mass is 16.5. The quantitative estimate of drug-likeness (QED) is 0.495. The van der Waals surface area contributed by atoms with E-state index in [1.165, 1.54) is 6.21 Å². The van der Waals surface area contributed by atoms with E-state index in [9.17, 15) is 0 Å². The molecule has 17 heavy (non-hydrogen) atoms. The molecule has 2 rings (SSSR count). The van der Waals surface area contributed by atoms with Crippen LogP contribution in [0.15, 0.2) is 40.0 Å². The Hall–Kier alpha value is -2.61. The zero-order valence-electron chi connectivity index (χ0n) is 8.87. The van der Waals surface area contributed by atoms with Gasteiger partial charge in [0, 0.05) is 12.0 Å². The van der Waals surface area contributed by atoms with Gasteiger partial charge in [-0.1, -0.05) is 35.5 Å². The van der Waals surface area contributed by atoms with Gasteiger partial charge < -0.3 is 9.73 Å². The van der Waals surface area contributed by atoms with Crippen molar-refractivity contribution in [2.24, 2.45) is 5.16 Å². The van der Waals surface area contributed by atoms with Gasteiger partial charge in [0.05, 0.1) is 6.21 Å². The van der Waals surface area contributed by atoms with Crippen LogP contribution in [0.2, 0.25) is 0 Å². The average molecular weight is 227 g/mol. The number of hydrogen-bond donors (Lipinski definition) is 1. The third kappa shape index (κ3) is 2.16. The molecule has 1 aromatic heterocycles. The topological polar surface area (TPSA) is 82.4 Å². The second-order valence-electron chi connectivity index (χ2n) is 3.31. The van der Waals surface area contributed by atoms with Gasteiger partial charge in [0.25, 0.3) is 0 Å². The fourth-order valence-corrected chi connectivity index (χ4v) is 1.50. The maximum Gasteiger partial charge on any atom is 0.160 e. The van der Waals surface area contributed by atoms with Crippen molar-refractivity contribution in [2.75, 3.05) is 0 Å². The molecule has 5 nitrogen and oxygen atoms in total. The van der Waals surface area contributed by atoms with E-state index in [2.05, 4.69) is 16.4 Å². The number of aromatic nitrogens is 1. The van der Waals surface area contributed by atoms with Gasteiger partial charge in [-0.25, -0.2) is 0 Å². The summed E-state index contributed by atoms with van der Waals surface area (Å²) in [6, 6.07) is 11.4. The van der Waals surface area contributed by atoms with Crippen LogP contribution in [-0.4, -0.2) is 16.6 Å². The fraction of sp³-hybridized carbons (Fsp3) is 0.0833. The minimum atomic E-state index is 0.235. The van der Waals surface area contributed by atoms with E-state index in [0.717, 1.165) is 5.56 Å². The Morgan fingerprint density at radius 1 is 1.41 bits per heavy atom. The largest absolute Gasteiger partial charge is 0.411 e. The molecule has 0 atom stereocenters. The Balaban J connectivity index is 2.44. The van der Waals surface area contributed by atoms with Crippen LogP contribution < -0.4 is 0 Å². The van der Waals surface area contributed by atoms with E-state index in [4.69, 9.17) is 15.0 Å². The minimum absolute atomic E-state index is 0.235. The number of hydrogen-bond acceptors (Lipinski definition) is 5. The maximum atomic E-state index is 9.09. The van der Waals surface area contributed by atoms with Gasteiger partial charge in [0.15, 0.2) is 5.76 Å². The molecule has 5 heteroatoms. The van der Waals surface area contributed by atoms with Gasteiger partial charge in [-0.15, -0.1) is 5.16 Å². The van der Waals surface area contributed by atoms with Gasteiger partial charge in [-0.2, -0.15) is 5.26 Å². The maximum absolute atomic E-state index is 9.09.